The first-order valence-electron chi connectivity index (χ1n) is 6.80. The van der Waals surface area contributed by atoms with Gasteiger partial charge in [-0.15, -0.1) is 0 Å². The number of hydrogen-bond donors (Lipinski definition) is 1. The smallest absolute Gasteiger partial charge is 0.223 e. The second-order valence-electron chi connectivity index (χ2n) is 6.71. The van der Waals surface area contributed by atoms with Crippen molar-refractivity contribution in [1.29, 1.82) is 0 Å². The van der Waals surface area contributed by atoms with Crippen LogP contribution in [0.5, 0.6) is 0 Å². The Hall–Kier alpha value is -0.570. The van der Waals surface area contributed by atoms with E-state index in [9.17, 15) is 4.79 Å². The number of piperazine rings is 1. The number of hydrogen-bond acceptors (Lipinski definition) is 2. The number of carbonyl (C=O) groups is 1. The summed E-state index contributed by atoms with van der Waals surface area (Å²) >= 11 is 0. The van der Waals surface area contributed by atoms with E-state index in [0.29, 0.717) is 29.7 Å². The zero-order valence-electron chi connectivity index (χ0n) is 12.0. The number of nitrogens with one attached hydrogen (secondary N) is 1. The fourth-order valence-corrected chi connectivity index (χ4v) is 2.74. The van der Waals surface area contributed by atoms with E-state index in [2.05, 4.69) is 39.9 Å². The molecule has 0 spiro atoms. The Morgan fingerprint density at radius 1 is 1.47 bits per heavy atom. The van der Waals surface area contributed by atoms with Crippen LogP contribution >= 0.6 is 0 Å². The second kappa shape index (κ2) is 5.85. The molecule has 0 saturated carbocycles. The van der Waals surface area contributed by atoms with Crippen molar-refractivity contribution >= 4 is 5.91 Å². The van der Waals surface area contributed by atoms with E-state index >= 15 is 0 Å². The molecule has 1 fully saturated rings. The number of carbonyl (C=O) groups excluding carboxylic acids is 1. The highest BCUT2D eigenvalue weighted by atomic mass is 16.2. The first-order valence-corrected chi connectivity index (χ1v) is 6.80. The van der Waals surface area contributed by atoms with Crippen molar-refractivity contribution in [3.8, 4) is 0 Å². The summed E-state index contributed by atoms with van der Waals surface area (Å²) in [5, 5.41) is 3.32. The minimum atomic E-state index is 0.314. The van der Waals surface area contributed by atoms with Crippen molar-refractivity contribution < 1.29 is 4.79 Å². The Bertz CT molecular complexity index is 257. The van der Waals surface area contributed by atoms with E-state index < -0.39 is 0 Å². The van der Waals surface area contributed by atoms with E-state index in [0.717, 1.165) is 26.1 Å². The molecule has 100 valence electrons. The molecule has 1 saturated heterocycles. The van der Waals surface area contributed by atoms with Crippen LogP contribution in [0.3, 0.4) is 0 Å². The summed E-state index contributed by atoms with van der Waals surface area (Å²) in [6.07, 6.45) is 1.81. The third kappa shape index (κ3) is 5.07. The van der Waals surface area contributed by atoms with E-state index in [1.807, 2.05) is 4.90 Å². The molecular formula is C14H28N2O. The van der Waals surface area contributed by atoms with Crippen LogP contribution in [0.1, 0.15) is 47.5 Å². The maximum absolute atomic E-state index is 12.2. The molecule has 3 heteroatoms. The summed E-state index contributed by atoms with van der Waals surface area (Å²) in [5.41, 5.74) is 0.314. The molecule has 1 unspecified atom stereocenters. The average molecular weight is 240 g/mol. The van der Waals surface area contributed by atoms with Crippen LogP contribution in [-0.2, 0) is 4.79 Å². The van der Waals surface area contributed by atoms with Crippen molar-refractivity contribution in [3.05, 3.63) is 0 Å². The topological polar surface area (TPSA) is 32.3 Å². The van der Waals surface area contributed by atoms with Crippen LogP contribution in [0.25, 0.3) is 0 Å². The normalized spacial score (nSPS) is 23.6. The average Bonchev–Trinajstić information content (AvgIpc) is 2.14. The van der Waals surface area contributed by atoms with Crippen molar-refractivity contribution in [2.75, 3.05) is 19.6 Å². The molecule has 1 aliphatic rings. The number of amides is 1. The Labute approximate surface area is 106 Å². The zero-order valence-corrected chi connectivity index (χ0v) is 12.0. The molecule has 1 heterocycles. The molecule has 0 aromatic carbocycles. The highest BCUT2D eigenvalue weighted by Gasteiger charge is 2.25. The number of nitrogens with zero attached hydrogens (tertiary/aromatic N) is 1. The molecule has 0 aromatic rings. The number of rotatable bonds is 3. The SMILES string of the molecule is CC(CC(=O)N1CCNC[C@H]1C)CC(C)(C)C. The van der Waals surface area contributed by atoms with Gasteiger partial charge in [0.1, 0.15) is 0 Å². The van der Waals surface area contributed by atoms with Crippen molar-refractivity contribution in [2.45, 2.75) is 53.5 Å². The zero-order chi connectivity index (χ0) is 13.1. The van der Waals surface area contributed by atoms with Gasteiger partial charge in [-0.3, -0.25) is 4.79 Å². The van der Waals surface area contributed by atoms with Gasteiger partial charge in [-0.25, -0.2) is 0 Å². The molecule has 17 heavy (non-hydrogen) atoms. The predicted molar refractivity (Wildman–Crippen MR) is 71.9 cm³/mol. The van der Waals surface area contributed by atoms with Gasteiger partial charge in [0.2, 0.25) is 5.91 Å². The van der Waals surface area contributed by atoms with Crippen molar-refractivity contribution in [1.82, 2.24) is 10.2 Å². The molecule has 0 aromatic heterocycles. The summed E-state index contributed by atoms with van der Waals surface area (Å²) in [6, 6.07) is 0.345. The molecular weight excluding hydrogens is 212 g/mol. The lowest BCUT2D eigenvalue weighted by Crippen LogP contribution is -2.52. The fourth-order valence-electron chi connectivity index (χ4n) is 2.74. The third-order valence-corrected chi connectivity index (χ3v) is 3.31. The summed E-state index contributed by atoms with van der Waals surface area (Å²) in [5.74, 6) is 0.806. The lowest BCUT2D eigenvalue weighted by Gasteiger charge is -2.35. The Morgan fingerprint density at radius 3 is 2.65 bits per heavy atom. The van der Waals surface area contributed by atoms with E-state index in [1.165, 1.54) is 0 Å². The van der Waals surface area contributed by atoms with Crippen molar-refractivity contribution in [2.24, 2.45) is 11.3 Å². The molecule has 0 aliphatic carbocycles. The van der Waals surface area contributed by atoms with Gasteiger partial charge in [-0.2, -0.15) is 0 Å². The van der Waals surface area contributed by atoms with Gasteiger partial charge in [-0.1, -0.05) is 27.7 Å². The third-order valence-electron chi connectivity index (χ3n) is 3.31. The standard InChI is InChI=1S/C14H28N2O/c1-11(9-14(3,4)5)8-13(17)16-7-6-15-10-12(16)2/h11-12,15H,6-10H2,1-5H3/t11?,12-/m1/s1. The molecule has 0 radical (unpaired) electrons. The van der Waals surface area contributed by atoms with Gasteiger partial charge in [0.05, 0.1) is 0 Å². The quantitative estimate of drug-likeness (QED) is 0.821. The molecule has 1 rings (SSSR count). The highest BCUT2D eigenvalue weighted by Crippen LogP contribution is 2.26. The maximum atomic E-state index is 12.2. The van der Waals surface area contributed by atoms with Crippen LogP contribution in [0, 0.1) is 11.3 Å². The van der Waals surface area contributed by atoms with Gasteiger partial charge in [-0.05, 0) is 24.7 Å². The fraction of sp³-hybridized carbons (Fsp3) is 0.929. The minimum Gasteiger partial charge on any atom is -0.337 e. The monoisotopic (exact) mass is 240 g/mol. The minimum absolute atomic E-state index is 0.314. The summed E-state index contributed by atoms with van der Waals surface area (Å²) in [6.45, 7) is 13.8. The van der Waals surface area contributed by atoms with E-state index in [-0.39, 0.29) is 0 Å². The van der Waals surface area contributed by atoms with Gasteiger partial charge in [0, 0.05) is 32.1 Å². The van der Waals surface area contributed by atoms with Crippen LogP contribution in [-0.4, -0.2) is 36.5 Å². The first kappa shape index (κ1) is 14.5. The molecule has 0 bridgehead atoms. The summed E-state index contributed by atoms with van der Waals surface area (Å²) < 4.78 is 0. The molecule has 3 nitrogen and oxygen atoms in total. The van der Waals surface area contributed by atoms with E-state index in [1.54, 1.807) is 0 Å². The lowest BCUT2D eigenvalue weighted by molar-refractivity contribution is -0.135. The van der Waals surface area contributed by atoms with Crippen LogP contribution in [0.15, 0.2) is 0 Å². The first-order chi connectivity index (χ1) is 7.79. The van der Waals surface area contributed by atoms with Gasteiger partial charge < -0.3 is 10.2 Å². The van der Waals surface area contributed by atoms with Crippen molar-refractivity contribution in [3.63, 3.8) is 0 Å². The largest absolute Gasteiger partial charge is 0.337 e. The Kier molecular flexibility index (Phi) is 4.99. The highest BCUT2D eigenvalue weighted by molar-refractivity contribution is 5.76. The second-order valence-corrected chi connectivity index (χ2v) is 6.71. The van der Waals surface area contributed by atoms with Gasteiger partial charge >= 0.3 is 0 Å². The maximum Gasteiger partial charge on any atom is 0.223 e. The molecule has 1 N–H and O–H groups in total. The summed E-state index contributed by atoms with van der Waals surface area (Å²) in [4.78, 5) is 14.2. The molecule has 1 amide bonds. The Balaban J connectivity index is 2.42. The van der Waals surface area contributed by atoms with Gasteiger partial charge in [0.25, 0.3) is 0 Å². The Morgan fingerprint density at radius 2 is 2.12 bits per heavy atom. The summed E-state index contributed by atoms with van der Waals surface area (Å²) in [7, 11) is 0. The van der Waals surface area contributed by atoms with Crippen LogP contribution < -0.4 is 5.32 Å². The van der Waals surface area contributed by atoms with Crippen LogP contribution in [0.2, 0.25) is 0 Å². The van der Waals surface area contributed by atoms with Crippen LogP contribution in [0.4, 0.5) is 0 Å². The lowest BCUT2D eigenvalue weighted by atomic mass is 9.84. The van der Waals surface area contributed by atoms with E-state index in [4.69, 9.17) is 0 Å². The van der Waals surface area contributed by atoms with Gasteiger partial charge in [0.15, 0.2) is 0 Å². The molecule has 2 atom stereocenters. The predicted octanol–water partition coefficient (Wildman–Crippen LogP) is 2.27. The molecule has 1 aliphatic heterocycles.